The first-order valence-electron chi connectivity index (χ1n) is 13.3. The minimum absolute atomic E-state index is 0.0747. The maximum absolute atomic E-state index is 13.5. The van der Waals surface area contributed by atoms with Crippen LogP contribution in [0.25, 0.3) is 5.69 Å². The molecule has 1 aliphatic rings. The lowest BCUT2D eigenvalue weighted by Crippen LogP contribution is -2.29. The lowest BCUT2D eigenvalue weighted by molar-refractivity contribution is -0.137. The van der Waals surface area contributed by atoms with Gasteiger partial charge in [-0.3, -0.25) is 9.78 Å². The largest absolute Gasteiger partial charge is 0.416 e. The second kappa shape index (κ2) is 11.0. The summed E-state index contributed by atoms with van der Waals surface area (Å²) < 4.78 is 42.5. The first-order chi connectivity index (χ1) is 19.5. The van der Waals surface area contributed by atoms with E-state index in [4.69, 9.17) is 12.2 Å². The first-order valence-corrected chi connectivity index (χ1v) is 13.7. The zero-order valence-electron chi connectivity index (χ0n) is 23.1. The number of nitrogens with zero attached hydrogens (tertiary/aromatic N) is 3. The van der Waals surface area contributed by atoms with Crippen LogP contribution >= 0.6 is 12.2 Å². The van der Waals surface area contributed by atoms with E-state index in [1.165, 1.54) is 12.1 Å². The number of alkyl halides is 3. The summed E-state index contributed by atoms with van der Waals surface area (Å²) >= 11 is 5.86. The monoisotopic (exact) mass is 577 g/mol. The van der Waals surface area contributed by atoms with Crippen molar-refractivity contribution >= 4 is 34.6 Å². The van der Waals surface area contributed by atoms with Crippen molar-refractivity contribution in [3.8, 4) is 5.69 Å². The van der Waals surface area contributed by atoms with Gasteiger partial charge in [0.05, 0.1) is 23.3 Å². The van der Waals surface area contributed by atoms with Crippen molar-refractivity contribution in [1.82, 2.24) is 14.9 Å². The molecule has 2 atom stereocenters. The second-order valence-electron chi connectivity index (χ2n) is 10.1. The van der Waals surface area contributed by atoms with Crippen LogP contribution in [0.4, 0.5) is 24.5 Å². The van der Waals surface area contributed by atoms with Crippen molar-refractivity contribution < 1.29 is 18.0 Å². The molecule has 4 aromatic rings. The molecule has 3 heterocycles. The minimum Gasteiger partial charge on any atom is -0.351 e. The van der Waals surface area contributed by atoms with Gasteiger partial charge in [0.15, 0.2) is 5.11 Å². The zero-order chi connectivity index (χ0) is 29.5. The van der Waals surface area contributed by atoms with Gasteiger partial charge in [0.1, 0.15) is 0 Å². The molecule has 6 nitrogen and oxygen atoms in total. The van der Waals surface area contributed by atoms with E-state index in [-0.39, 0.29) is 18.0 Å². The molecule has 212 valence electrons. The highest BCUT2D eigenvalue weighted by atomic mass is 32.1. The Kier molecular flexibility index (Phi) is 7.61. The number of hydrogen-bond donors (Lipinski definition) is 2. The van der Waals surface area contributed by atoms with E-state index >= 15 is 0 Å². The fourth-order valence-electron chi connectivity index (χ4n) is 5.43. The highest BCUT2D eigenvalue weighted by molar-refractivity contribution is 7.80. The summed E-state index contributed by atoms with van der Waals surface area (Å²) in [6, 6.07) is 18.1. The van der Waals surface area contributed by atoms with Crippen LogP contribution in [0.15, 0.2) is 72.9 Å². The summed E-state index contributed by atoms with van der Waals surface area (Å²) in [6.07, 6.45) is -2.35. The van der Waals surface area contributed by atoms with Gasteiger partial charge >= 0.3 is 6.18 Å². The molecule has 0 saturated carbocycles. The molecule has 2 aromatic heterocycles. The van der Waals surface area contributed by atoms with E-state index in [2.05, 4.69) is 15.6 Å². The summed E-state index contributed by atoms with van der Waals surface area (Å²) in [6.45, 7) is 7.51. The molecule has 0 aliphatic carbocycles. The number of aryl methyl sites for hydroxylation is 2. The molecule has 1 aliphatic heterocycles. The van der Waals surface area contributed by atoms with Crippen LogP contribution in [0.1, 0.15) is 59.2 Å². The van der Waals surface area contributed by atoms with Gasteiger partial charge in [-0.2, -0.15) is 13.2 Å². The highest BCUT2D eigenvalue weighted by Crippen LogP contribution is 2.44. The summed E-state index contributed by atoms with van der Waals surface area (Å²) in [5.74, 6) is -0.0747. The third kappa shape index (κ3) is 5.44. The molecule has 2 N–H and O–H groups in total. The van der Waals surface area contributed by atoms with Crippen molar-refractivity contribution in [3.05, 3.63) is 107 Å². The van der Waals surface area contributed by atoms with Gasteiger partial charge in [-0.15, -0.1) is 0 Å². The van der Waals surface area contributed by atoms with Gasteiger partial charge in [0, 0.05) is 41.1 Å². The Hall–Kier alpha value is -4.18. The molecule has 0 radical (unpaired) electrons. The smallest absolute Gasteiger partial charge is 0.351 e. The predicted molar refractivity (Wildman–Crippen MR) is 158 cm³/mol. The van der Waals surface area contributed by atoms with Crippen molar-refractivity contribution in [2.45, 2.75) is 52.4 Å². The Morgan fingerprint density at radius 2 is 1.80 bits per heavy atom. The summed E-state index contributed by atoms with van der Waals surface area (Å²) in [5.41, 5.74) is 5.44. The van der Waals surface area contributed by atoms with Crippen LogP contribution < -0.4 is 15.5 Å². The topological polar surface area (TPSA) is 62.2 Å². The number of nitrogens with one attached hydrogen (secondary N) is 2. The average molecular weight is 578 g/mol. The predicted octanol–water partition coefficient (Wildman–Crippen LogP) is 7.34. The number of amides is 1. The summed E-state index contributed by atoms with van der Waals surface area (Å²) in [7, 11) is 0. The molecular formula is C31H30F3N5OS. The van der Waals surface area contributed by atoms with E-state index in [9.17, 15) is 18.0 Å². The molecule has 1 saturated heterocycles. The standard InChI is InChI=1S/C31H30F3N5OS/c1-5-27(40)36-25-13-12-23(15-18(25)2)39-29(28(37-30(39)41)26-11-6-7-14-35-26)24-16-19(3)38(20(24)4)22-10-8-9-21(17-22)31(32,33)34/h6-17,28-29H,5H2,1-4H3,(H,36,40)(H,37,41)/t28-,29+/m1/s1. The third-order valence-corrected chi connectivity index (χ3v) is 7.72. The molecular weight excluding hydrogens is 547 g/mol. The number of thiocarbonyl (C=S) groups is 1. The number of rotatable bonds is 6. The van der Waals surface area contributed by atoms with Crippen molar-refractivity contribution in [2.75, 3.05) is 10.2 Å². The number of aromatic nitrogens is 2. The van der Waals surface area contributed by atoms with Crippen molar-refractivity contribution in [2.24, 2.45) is 0 Å². The second-order valence-corrected chi connectivity index (χ2v) is 10.5. The molecule has 1 fully saturated rings. The Morgan fingerprint density at radius 3 is 2.46 bits per heavy atom. The fraction of sp³-hybridized carbons (Fsp3) is 0.258. The van der Waals surface area contributed by atoms with Crippen LogP contribution in [-0.4, -0.2) is 20.6 Å². The molecule has 10 heteroatoms. The lowest BCUT2D eigenvalue weighted by Gasteiger charge is -2.29. The number of carbonyl (C=O) groups excluding carboxylic acids is 1. The number of hydrogen-bond acceptors (Lipinski definition) is 3. The zero-order valence-corrected chi connectivity index (χ0v) is 23.9. The third-order valence-electron chi connectivity index (χ3n) is 7.40. The lowest BCUT2D eigenvalue weighted by atomic mass is 9.96. The van der Waals surface area contributed by atoms with Crippen molar-refractivity contribution in [1.29, 1.82) is 0 Å². The van der Waals surface area contributed by atoms with Crippen LogP contribution in [0, 0.1) is 20.8 Å². The van der Waals surface area contributed by atoms with Crippen LogP contribution in [0.2, 0.25) is 0 Å². The summed E-state index contributed by atoms with van der Waals surface area (Å²) in [5, 5.41) is 6.85. The maximum Gasteiger partial charge on any atom is 0.416 e. The van der Waals surface area contributed by atoms with E-state index in [0.29, 0.717) is 17.2 Å². The van der Waals surface area contributed by atoms with Gasteiger partial charge in [-0.25, -0.2) is 0 Å². The number of pyridine rings is 1. The van der Waals surface area contributed by atoms with E-state index < -0.39 is 11.7 Å². The molecule has 41 heavy (non-hydrogen) atoms. The van der Waals surface area contributed by atoms with Crippen LogP contribution in [0.3, 0.4) is 0 Å². The molecule has 0 unspecified atom stereocenters. The summed E-state index contributed by atoms with van der Waals surface area (Å²) in [4.78, 5) is 18.6. The molecule has 0 spiro atoms. The van der Waals surface area contributed by atoms with Gasteiger partial charge in [-0.05, 0) is 98.7 Å². The van der Waals surface area contributed by atoms with Gasteiger partial charge < -0.3 is 20.1 Å². The Balaban J connectivity index is 1.64. The van der Waals surface area contributed by atoms with Gasteiger partial charge in [-0.1, -0.05) is 19.1 Å². The Bertz CT molecular complexity index is 1620. The minimum atomic E-state index is -4.45. The SMILES string of the molecule is CCC(=O)Nc1ccc(N2C(=S)N[C@H](c3ccccn3)[C@@H]2c2cc(C)n(-c3cccc(C(F)(F)F)c3)c2C)cc1C. The Morgan fingerprint density at radius 1 is 1.02 bits per heavy atom. The van der Waals surface area contributed by atoms with Crippen LogP contribution in [-0.2, 0) is 11.0 Å². The average Bonchev–Trinajstić information content (AvgIpc) is 3.44. The molecule has 5 rings (SSSR count). The van der Waals surface area contributed by atoms with E-state index in [1.54, 1.807) is 19.2 Å². The van der Waals surface area contributed by atoms with E-state index in [1.807, 2.05) is 72.7 Å². The number of carbonyl (C=O) groups is 1. The Labute approximate surface area is 242 Å². The number of benzene rings is 2. The van der Waals surface area contributed by atoms with Gasteiger partial charge in [0.25, 0.3) is 0 Å². The molecule has 1 amide bonds. The maximum atomic E-state index is 13.5. The van der Waals surface area contributed by atoms with E-state index in [0.717, 1.165) is 45.6 Å². The molecule has 2 aromatic carbocycles. The fourth-order valence-corrected chi connectivity index (χ4v) is 5.78. The van der Waals surface area contributed by atoms with Crippen molar-refractivity contribution in [3.63, 3.8) is 0 Å². The first kappa shape index (κ1) is 28.4. The number of halogens is 3. The quantitative estimate of drug-likeness (QED) is 0.235. The van der Waals surface area contributed by atoms with Crippen LogP contribution in [0.5, 0.6) is 0 Å². The highest BCUT2D eigenvalue weighted by Gasteiger charge is 2.42. The number of anilines is 2. The normalized spacial score (nSPS) is 17.0. The van der Waals surface area contributed by atoms with Gasteiger partial charge in [0.2, 0.25) is 5.91 Å². The molecule has 0 bridgehead atoms.